The zero-order chi connectivity index (χ0) is 17.2. The second-order valence-electron chi connectivity index (χ2n) is 6.27. The fourth-order valence-electron chi connectivity index (χ4n) is 2.98. The summed E-state index contributed by atoms with van der Waals surface area (Å²) < 4.78 is 40.0. The van der Waals surface area contributed by atoms with Crippen molar-refractivity contribution < 1.29 is 18.0 Å². The van der Waals surface area contributed by atoms with Crippen molar-refractivity contribution in [3.05, 3.63) is 29.3 Å². The number of hydrogen-bond donors (Lipinski definition) is 0. The van der Waals surface area contributed by atoms with Gasteiger partial charge in [-0.25, -0.2) is 0 Å². The van der Waals surface area contributed by atoms with Gasteiger partial charge in [0.1, 0.15) is 0 Å². The Bertz CT molecular complexity index is 569. The number of amides is 1. The maximum atomic E-state index is 13.3. The van der Waals surface area contributed by atoms with Crippen LogP contribution < -0.4 is 4.90 Å². The molecule has 23 heavy (non-hydrogen) atoms. The number of carbonyl (C=O) groups excluding carboxylic acids is 1. The minimum absolute atomic E-state index is 0.0120. The molecule has 1 aromatic carbocycles. The van der Waals surface area contributed by atoms with E-state index in [1.165, 1.54) is 13.0 Å². The molecule has 0 N–H and O–H groups in total. The van der Waals surface area contributed by atoms with Crippen LogP contribution in [0.2, 0.25) is 0 Å². The van der Waals surface area contributed by atoms with Crippen molar-refractivity contribution in [2.24, 2.45) is 0 Å². The Morgan fingerprint density at radius 2 is 1.83 bits per heavy atom. The van der Waals surface area contributed by atoms with Crippen LogP contribution in [0.4, 0.5) is 18.9 Å². The van der Waals surface area contributed by atoms with E-state index in [1.807, 2.05) is 4.90 Å². The summed E-state index contributed by atoms with van der Waals surface area (Å²) in [7, 11) is 0. The topological polar surface area (TPSA) is 23.6 Å². The third kappa shape index (κ3) is 4.18. The van der Waals surface area contributed by atoms with Gasteiger partial charge >= 0.3 is 6.18 Å². The molecule has 2 rings (SSSR count). The second-order valence-corrected chi connectivity index (χ2v) is 6.27. The predicted molar refractivity (Wildman–Crippen MR) is 84.6 cm³/mol. The van der Waals surface area contributed by atoms with Crippen molar-refractivity contribution in [3.8, 4) is 0 Å². The van der Waals surface area contributed by atoms with Crippen molar-refractivity contribution in [1.82, 2.24) is 4.90 Å². The molecular formula is C17H23F3N2O. The first-order chi connectivity index (χ1) is 10.7. The van der Waals surface area contributed by atoms with E-state index in [-0.39, 0.29) is 11.8 Å². The number of rotatable bonds is 2. The zero-order valence-electron chi connectivity index (χ0n) is 13.8. The van der Waals surface area contributed by atoms with Crippen LogP contribution in [0, 0.1) is 0 Å². The molecule has 1 aliphatic heterocycles. The van der Waals surface area contributed by atoms with Crippen LogP contribution in [0.3, 0.4) is 0 Å². The molecule has 128 valence electrons. The Hall–Kier alpha value is -1.72. The molecule has 0 radical (unpaired) electrons. The van der Waals surface area contributed by atoms with Crippen LogP contribution in [0.15, 0.2) is 18.2 Å². The van der Waals surface area contributed by atoms with Gasteiger partial charge < -0.3 is 9.80 Å². The van der Waals surface area contributed by atoms with Gasteiger partial charge in [0.25, 0.3) is 0 Å². The number of halogens is 3. The quantitative estimate of drug-likeness (QED) is 0.822. The lowest BCUT2D eigenvalue weighted by Gasteiger charge is -2.25. The van der Waals surface area contributed by atoms with E-state index < -0.39 is 11.7 Å². The number of carbonyl (C=O) groups is 1. The molecule has 0 aromatic heterocycles. The fourth-order valence-corrected chi connectivity index (χ4v) is 2.98. The van der Waals surface area contributed by atoms with Crippen LogP contribution >= 0.6 is 0 Å². The standard InChI is InChI=1S/C17H23F3N2O/c1-12(2)15-6-5-14(11-16(15)17(18,19)20)22-8-4-7-21(9-10-22)13(3)23/h5-6,11-12H,4,7-10H2,1-3H3. The number of benzene rings is 1. The van der Waals surface area contributed by atoms with Gasteiger partial charge in [0.15, 0.2) is 0 Å². The summed E-state index contributed by atoms with van der Waals surface area (Å²) in [5, 5.41) is 0. The molecule has 1 aliphatic rings. The van der Waals surface area contributed by atoms with Gasteiger partial charge in [0.05, 0.1) is 5.56 Å². The maximum absolute atomic E-state index is 13.3. The highest BCUT2D eigenvalue weighted by atomic mass is 19.4. The zero-order valence-corrected chi connectivity index (χ0v) is 13.8. The van der Waals surface area contributed by atoms with E-state index in [0.717, 1.165) is 6.42 Å². The first-order valence-electron chi connectivity index (χ1n) is 7.91. The Balaban J connectivity index is 2.28. The van der Waals surface area contributed by atoms with E-state index >= 15 is 0 Å². The lowest BCUT2D eigenvalue weighted by Crippen LogP contribution is -2.33. The van der Waals surface area contributed by atoms with E-state index in [1.54, 1.807) is 30.9 Å². The van der Waals surface area contributed by atoms with Crippen LogP contribution in [-0.4, -0.2) is 37.0 Å². The van der Waals surface area contributed by atoms with Crippen LogP contribution in [0.25, 0.3) is 0 Å². The molecule has 0 spiro atoms. The normalized spacial score (nSPS) is 16.7. The van der Waals surface area contributed by atoms with Gasteiger partial charge in [-0.1, -0.05) is 19.9 Å². The second kappa shape index (κ2) is 6.81. The summed E-state index contributed by atoms with van der Waals surface area (Å²) in [6.45, 7) is 7.46. The summed E-state index contributed by atoms with van der Waals surface area (Å²) in [6.07, 6.45) is -3.60. The summed E-state index contributed by atoms with van der Waals surface area (Å²) in [5.74, 6) is -0.170. The van der Waals surface area contributed by atoms with Gasteiger partial charge in [-0.2, -0.15) is 13.2 Å². The first-order valence-corrected chi connectivity index (χ1v) is 7.91. The van der Waals surface area contributed by atoms with Crippen molar-refractivity contribution >= 4 is 11.6 Å². The van der Waals surface area contributed by atoms with Crippen molar-refractivity contribution in [2.45, 2.75) is 39.3 Å². The third-order valence-electron chi connectivity index (χ3n) is 4.27. The molecule has 0 unspecified atom stereocenters. The summed E-state index contributed by atoms with van der Waals surface area (Å²) >= 11 is 0. The fraction of sp³-hybridized carbons (Fsp3) is 0.588. The van der Waals surface area contributed by atoms with E-state index in [0.29, 0.717) is 37.4 Å². The molecule has 0 atom stereocenters. The minimum Gasteiger partial charge on any atom is -0.370 e. The van der Waals surface area contributed by atoms with Gasteiger partial charge in [0, 0.05) is 38.8 Å². The SMILES string of the molecule is CC(=O)N1CCCN(c2ccc(C(C)C)c(C(F)(F)F)c2)CC1. The monoisotopic (exact) mass is 328 g/mol. The summed E-state index contributed by atoms with van der Waals surface area (Å²) in [4.78, 5) is 15.1. The summed E-state index contributed by atoms with van der Waals surface area (Å²) in [5.41, 5.74) is 0.339. The van der Waals surface area contributed by atoms with Crippen LogP contribution in [0.5, 0.6) is 0 Å². The average Bonchev–Trinajstić information content (AvgIpc) is 2.71. The van der Waals surface area contributed by atoms with Crippen LogP contribution in [0.1, 0.15) is 44.2 Å². The van der Waals surface area contributed by atoms with Gasteiger partial charge in [-0.15, -0.1) is 0 Å². The third-order valence-corrected chi connectivity index (χ3v) is 4.27. The molecule has 1 heterocycles. The largest absolute Gasteiger partial charge is 0.416 e. The predicted octanol–water partition coefficient (Wildman–Crippen LogP) is 3.89. The Morgan fingerprint density at radius 3 is 2.39 bits per heavy atom. The van der Waals surface area contributed by atoms with E-state index in [9.17, 15) is 18.0 Å². The highest BCUT2D eigenvalue weighted by Gasteiger charge is 2.34. The number of nitrogens with zero attached hydrogens (tertiary/aromatic N) is 2. The number of alkyl halides is 3. The highest BCUT2D eigenvalue weighted by molar-refractivity contribution is 5.73. The molecule has 1 amide bonds. The Morgan fingerprint density at radius 1 is 1.13 bits per heavy atom. The maximum Gasteiger partial charge on any atom is 0.416 e. The molecule has 1 saturated heterocycles. The van der Waals surface area contributed by atoms with Crippen molar-refractivity contribution in [3.63, 3.8) is 0 Å². The van der Waals surface area contributed by atoms with Gasteiger partial charge in [-0.3, -0.25) is 4.79 Å². The van der Waals surface area contributed by atoms with E-state index in [2.05, 4.69) is 0 Å². The smallest absolute Gasteiger partial charge is 0.370 e. The Kier molecular flexibility index (Phi) is 5.22. The highest BCUT2D eigenvalue weighted by Crippen LogP contribution is 2.37. The Labute approximate surface area is 135 Å². The lowest BCUT2D eigenvalue weighted by molar-refractivity contribution is -0.138. The minimum atomic E-state index is -4.35. The molecule has 1 fully saturated rings. The molecular weight excluding hydrogens is 305 g/mol. The molecule has 0 bridgehead atoms. The van der Waals surface area contributed by atoms with E-state index in [4.69, 9.17) is 0 Å². The molecule has 1 aromatic rings. The average molecular weight is 328 g/mol. The first kappa shape index (κ1) is 17.6. The van der Waals surface area contributed by atoms with Crippen molar-refractivity contribution in [1.29, 1.82) is 0 Å². The summed E-state index contributed by atoms with van der Waals surface area (Å²) in [6, 6.07) is 4.59. The molecule has 6 heteroatoms. The van der Waals surface area contributed by atoms with Gasteiger partial charge in [0.2, 0.25) is 5.91 Å². The molecule has 0 aliphatic carbocycles. The lowest BCUT2D eigenvalue weighted by atomic mass is 9.96. The molecule has 3 nitrogen and oxygen atoms in total. The number of hydrogen-bond acceptors (Lipinski definition) is 2. The van der Waals surface area contributed by atoms with Gasteiger partial charge in [-0.05, 0) is 30.0 Å². The molecule has 0 saturated carbocycles. The van der Waals surface area contributed by atoms with Crippen molar-refractivity contribution in [2.75, 3.05) is 31.1 Å². The number of anilines is 1. The van der Waals surface area contributed by atoms with Crippen LogP contribution in [-0.2, 0) is 11.0 Å².